The molecule has 0 saturated heterocycles. The Morgan fingerprint density at radius 3 is 1.75 bits per heavy atom. The second-order valence-corrected chi connectivity index (χ2v) is 5.26. The molecule has 0 aromatic heterocycles. The summed E-state index contributed by atoms with van der Waals surface area (Å²) in [7, 11) is 0. The van der Waals surface area contributed by atoms with E-state index in [1.807, 2.05) is 13.8 Å². The molecule has 0 aliphatic rings. The molecule has 12 heavy (non-hydrogen) atoms. The number of benzene rings is 1. The zero-order chi connectivity index (χ0) is 9.46. The first-order chi connectivity index (χ1) is 5.46. The van der Waals surface area contributed by atoms with Crippen LogP contribution in [0.25, 0.3) is 0 Å². The standard InChI is InChI=1S/C8H6Br3Cl/c1-3-5(9)6(10)4(2)8(12)7(3)11/h1-2H3. The highest BCUT2D eigenvalue weighted by molar-refractivity contribution is 9.13. The lowest BCUT2D eigenvalue weighted by molar-refractivity contribution is 1.30. The second kappa shape index (κ2) is 3.99. The van der Waals surface area contributed by atoms with Gasteiger partial charge in [-0.25, -0.2) is 0 Å². The summed E-state index contributed by atoms with van der Waals surface area (Å²) in [5.74, 6) is 0. The molecule has 0 amide bonds. The van der Waals surface area contributed by atoms with Crippen molar-refractivity contribution in [2.45, 2.75) is 13.8 Å². The molecule has 0 aliphatic heterocycles. The van der Waals surface area contributed by atoms with E-state index >= 15 is 0 Å². The maximum absolute atomic E-state index is 6.06. The average Bonchev–Trinajstić information content (AvgIpc) is 2.08. The van der Waals surface area contributed by atoms with Gasteiger partial charge in [-0.2, -0.15) is 0 Å². The van der Waals surface area contributed by atoms with E-state index in [0.29, 0.717) is 0 Å². The van der Waals surface area contributed by atoms with Gasteiger partial charge >= 0.3 is 0 Å². The molecule has 1 rings (SSSR count). The Bertz CT molecular complexity index is 229. The number of halogens is 4. The molecular formula is C8H6Br3Cl. The molecule has 0 heterocycles. The third-order valence-electron chi connectivity index (χ3n) is 1.70. The summed E-state index contributed by atoms with van der Waals surface area (Å²) in [5.41, 5.74) is 2.15. The third-order valence-corrected chi connectivity index (χ3v) is 5.91. The van der Waals surface area contributed by atoms with Crippen LogP contribution < -0.4 is 0 Å². The zero-order valence-electron chi connectivity index (χ0n) is 6.51. The van der Waals surface area contributed by atoms with E-state index < -0.39 is 0 Å². The van der Waals surface area contributed by atoms with Crippen molar-refractivity contribution >= 4 is 59.4 Å². The van der Waals surface area contributed by atoms with Gasteiger partial charge in [-0.15, -0.1) is 0 Å². The lowest BCUT2D eigenvalue weighted by Gasteiger charge is -2.10. The maximum atomic E-state index is 6.06. The summed E-state index contributed by atoms with van der Waals surface area (Å²) in [6.45, 7) is 3.98. The zero-order valence-corrected chi connectivity index (χ0v) is 12.0. The van der Waals surface area contributed by atoms with Crippen LogP contribution in [0.3, 0.4) is 0 Å². The van der Waals surface area contributed by atoms with Crippen molar-refractivity contribution in [1.29, 1.82) is 0 Å². The van der Waals surface area contributed by atoms with Crippen LogP contribution in [0, 0.1) is 13.8 Å². The van der Waals surface area contributed by atoms with Crippen LogP contribution in [-0.2, 0) is 0 Å². The molecule has 0 spiro atoms. The highest BCUT2D eigenvalue weighted by atomic mass is 79.9. The predicted octanol–water partition coefficient (Wildman–Crippen LogP) is 5.24. The summed E-state index contributed by atoms with van der Waals surface area (Å²) >= 11 is 16.4. The Hall–Kier alpha value is 0.950. The van der Waals surface area contributed by atoms with E-state index in [4.69, 9.17) is 11.6 Å². The van der Waals surface area contributed by atoms with Gasteiger partial charge in [0.25, 0.3) is 0 Å². The van der Waals surface area contributed by atoms with E-state index in [1.165, 1.54) is 0 Å². The molecule has 0 atom stereocenters. The van der Waals surface area contributed by atoms with E-state index in [2.05, 4.69) is 47.8 Å². The fourth-order valence-corrected chi connectivity index (χ4v) is 2.95. The van der Waals surface area contributed by atoms with E-state index in [9.17, 15) is 0 Å². The van der Waals surface area contributed by atoms with Crippen LogP contribution in [0.5, 0.6) is 0 Å². The second-order valence-electron chi connectivity index (χ2n) is 2.51. The van der Waals surface area contributed by atoms with Crippen molar-refractivity contribution in [2.75, 3.05) is 0 Å². The van der Waals surface area contributed by atoms with Crippen molar-refractivity contribution in [3.63, 3.8) is 0 Å². The summed E-state index contributed by atoms with van der Waals surface area (Å²) in [5, 5.41) is 0.766. The van der Waals surface area contributed by atoms with Crippen LogP contribution in [-0.4, -0.2) is 0 Å². The Morgan fingerprint density at radius 2 is 1.25 bits per heavy atom. The highest BCUT2D eigenvalue weighted by Crippen LogP contribution is 2.40. The molecule has 0 bridgehead atoms. The molecule has 0 N–H and O–H groups in total. The van der Waals surface area contributed by atoms with Crippen molar-refractivity contribution in [1.82, 2.24) is 0 Å². The summed E-state index contributed by atoms with van der Waals surface area (Å²) < 4.78 is 3.03. The minimum absolute atomic E-state index is 0.766. The average molecular weight is 377 g/mol. The molecule has 0 nitrogen and oxygen atoms in total. The summed E-state index contributed by atoms with van der Waals surface area (Å²) in [6, 6.07) is 0. The first-order valence-corrected chi connectivity index (χ1v) is 6.01. The SMILES string of the molecule is Cc1c(Cl)c(Br)c(C)c(Br)c1Br. The van der Waals surface area contributed by atoms with Crippen LogP contribution in [0.4, 0.5) is 0 Å². The summed E-state index contributed by atoms with van der Waals surface area (Å²) in [4.78, 5) is 0. The Kier molecular flexibility index (Phi) is 3.67. The number of rotatable bonds is 0. The van der Waals surface area contributed by atoms with Crippen LogP contribution in [0.2, 0.25) is 5.02 Å². The van der Waals surface area contributed by atoms with Gasteiger partial charge in [-0.05, 0) is 72.8 Å². The van der Waals surface area contributed by atoms with E-state index in [-0.39, 0.29) is 0 Å². The van der Waals surface area contributed by atoms with Crippen molar-refractivity contribution in [2.24, 2.45) is 0 Å². The molecule has 0 saturated carbocycles. The van der Waals surface area contributed by atoms with Crippen LogP contribution in [0.15, 0.2) is 13.4 Å². The normalized spacial score (nSPS) is 10.5. The van der Waals surface area contributed by atoms with E-state index in [1.54, 1.807) is 0 Å². The van der Waals surface area contributed by atoms with Gasteiger partial charge in [0.15, 0.2) is 0 Å². The Balaban J connectivity index is 3.60. The minimum atomic E-state index is 0.766. The molecule has 0 aliphatic carbocycles. The topological polar surface area (TPSA) is 0 Å². The smallest absolute Gasteiger partial charge is 0.0591 e. The van der Waals surface area contributed by atoms with Gasteiger partial charge < -0.3 is 0 Å². The fraction of sp³-hybridized carbons (Fsp3) is 0.250. The quantitative estimate of drug-likeness (QED) is 0.542. The molecular weight excluding hydrogens is 371 g/mol. The molecule has 0 radical (unpaired) electrons. The van der Waals surface area contributed by atoms with Crippen molar-refractivity contribution in [3.8, 4) is 0 Å². The lowest BCUT2D eigenvalue weighted by atomic mass is 10.2. The first kappa shape index (κ1) is 11.0. The monoisotopic (exact) mass is 374 g/mol. The predicted molar refractivity (Wildman–Crippen MR) is 64.0 cm³/mol. The third kappa shape index (κ3) is 1.74. The Morgan fingerprint density at radius 1 is 0.833 bits per heavy atom. The minimum Gasteiger partial charge on any atom is -0.0828 e. The van der Waals surface area contributed by atoms with Crippen molar-refractivity contribution < 1.29 is 0 Å². The summed E-state index contributed by atoms with van der Waals surface area (Å²) in [6.07, 6.45) is 0. The fourth-order valence-electron chi connectivity index (χ4n) is 0.851. The molecule has 66 valence electrons. The van der Waals surface area contributed by atoms with Gasteiger partial charge in [0, 0.05) is 13.4 Å². The number of hydrogen-bond donors (Lipinski definition) is 0. The molecule has 4 heteroatoms. The van der Waals surface area contributed by atoms with Gasteiger partial charge in [-0.1, -0.05) is 11.6 Å². The van der Waals surface area contributed by atoms with Gasteiger partial charge in [0.1, 0.15) is 0 Å². The largest absolute Gasteiger partial charge is 0.0828 e. The highest BCUT2D eigenvalue weighted by Gasteiger charge is 2.12. The maximum Gasteiger partial charge on any atom is 0.0591 e. The van der Waals surface area contributed by atoms with Gasteiger partial charge in [0.05, 0.1) is 5.02 Å². The van der Waals surface area contributed by atoms with Crippen LogP contribution in [0.1, 0.15) is 11.1 Å². The molecule has 1 aromatic carbocycles. The number of hydrogen-bond acceptors (Lipinski definition) is 0. The van der Waals surface area contributed by atoms with Crippen LogP contribution >= 0.6 is 59.4 Å². The molecule has 0 fully saturated rings. The lowest BCUT2D eigenvalue weighted by Crippen LogP contribution is -1.87. The Labute approximate surface area is 102 Å². The molecule has 1 aromatic rings. The first-order valence-electron chi connectivity index (χ1n) is 3.26. The van der Waals surface area contributed by atoms with Gasteiger partial charge in [-0.3, -0.25) is 0 Å². The van der Waals surface area contributed by atoms with Gasteiger partial charge in [0.2, 0.25) is 0 Å². The van der Waals surface area contributed by atoms with Crippen molar-refractivity contribution in [3.05, 3.63) is 29.6 Å². The van der Waals surface area contributed by atoms with E-state index in [0.717, 1.165) is 29.6 Å². The molecule has 0 unspecified atom stereocenters.